The summed E-state index contributed by atoms with van der Waals surface area (Å²) in [4.78, 5) is 24.0. The van der Waals surface area contributed by atoms with Crippen LogP contribution in [0.5, 0.6) is 5.75 Å². The number of hydrogen-bond donors (Lipinski definition) is 1. The Balaban J connectivity index is 1.56. The zero-order valence-electron chi connectivity index (χ0n) is 14.6. The highest BCUT2D eigenvalue weighted by atomic mass is 19.1. The van der Waals surface area contributed by atoms with E-state index in [9.17, 15) is 14.0 Å². The number of benzene rings is 1. The summed E-state index contributed by atoms with van der Waals surface area (Å²) < 4.78 is 25.4. The summed E-state index contributed by atoms with van der Waals surface area (Å²) in [6.45, 7) is 1.85. The first-order valence-corrected chi connectivity index (χ1v) is 8.35. The van der Waals surface area contributed by atoms with E-state index in [1.165, 1.54) is 42.1 Å². The zero-order valence-corrected chi connectivity index (χ0v) is 14.6. The normalized spacial score (nSPS) is 11.8. The molecule has 27 heavy (non-hydrogen) atoms. The van der Waals surface area contributed by atoms with E-state index in [0.717, 1.165) is 0 Å². The predicted molar refractivity (Wildman–Crippen MR) is 95.7 cm³/mol. The summed E-state index contributed by atoms with van der Waals surface area (Å²) in [5.74, 6) is -0.417. The first kappa shape index (κ1) is 18.4. The number of nitrogens with one attached hydrogen (secondary N) is 1. The van der Waals surface area contributed by atoms with Crippen molar-refractivity contribution in [1.29, 1.82) is 0 Å². The molecule has 0 bridgehead atoms. The number of carbonyl (C=O) groups is 1. The number of aromatic nitrogens is 2. The summed E-state index contributed by atoms with van der Waals surface area (Å²) in [5, 5.41) is 6.86. The van der Waals surface area contributed by atoms with Crippen LogP contribution < -0.4 is 15.6 Å². The van der Waals surface area contributed by atoms with Crippen molar-refractivity contribution in [2.45, 2.75) is 19.6 Å². The third kappa shape index (κ3) is 4.60. The Labute approximate surface area is 154 Å². The maximum absolute atomic E-state index is 13.6. The molecule has 1 atom stereocenters. The van der Waals surface area contributed by atoms with Crippen molar-refractivity contribution >= 4 is 5.91 Å². The van der Waals surface area contributed by atoms with Crippen molar-refractivity contribution in [3.8, 4) is 17.2 Å². The van der Waals surface area contributed by atoms with Gasteiger partial charge in [0.25, 0.3) is 11.5 Å². The first-order valence-electron chi connectivity index (χ1n) is 8.35. The van der Waals surface area contributed by atoms with Crippen LogP contribution in [0.15, 0.2) is 64.0 Å². The summed E-state index contributed by atoms with van der Waals surface area (Å²) >= 11 is 0. The number of para-hydroxylation sites is 1. The Morgan fingerprint density at radius 2 is 2.07 bits per heavy atom. The number of halogens is 1. The first-order chi connectivity index (χ1) is 13.0. The van der Waals surface area contributed by atoms with E-state index < -0.39 is 17.8 Å². The summed E-state index contributed by atoms with van der Waals surface area (Å²) in [5.41, 5.74) is 0.220. The second-order valence-corrected chi connectivity index (χ2v) is 5.74. The van der Waals surface area contributed by atoms with Crippen molar-refractivity contribution in [3.05, 3.63) is 71.0 Å². The molecule has 1 N–H and O–H groups in total. The van der Waals surface area contributed by atoms with Gasteiger partial charge in [0.15, 0.2) is 23.4 Å². The molecular weight excluding hydrogens is 353 g/mol. The summed E-state index contributed by atoms with van der Waals surface area (Å²) in [7, 11) is 0. The lowest BCUT2D eigenvalue weighted by Gasteiger charge is -2.15. The van der Waals surface area contributed by atoms with Crippen LogP contribution in [0.2, 0.25) is 0 Å². The van der Waals surface area contributed by atoms with Crippen molar-refractivity contribution in [2.24, 2.45) is 0 Å². The van der Waals surface area contributed by atoms with Gasteiger partial charge in [-0.25, -0.2) is 9.07 Å². The number of ether oxygens (including phenoxy) is 1. The topological polar surface area (TPSA) is 86.4 Å². The molecule has 1 unspecified atom stereocenters. The number of nitrogens with zero attached hydrogens (tertiary/aromatic N) is 2. The fraction of sp³-hybridized carbons (Fsp3) is 0.211. The van der Waals surface area contributed by atoms with Crippen LogP contribution >= 0.6 is 0 Å². The fourth-order valence-corrected chi connectivity index (χ4v) is 2.38. The molecular formula is C19H18FN3O4. The van der Waals surface area contributed by atoms with Gasteiger partial charge in [0.05, 0.1) is 12.8 Å². The second-order valence-electron chi connectivity index (χ2n) is 5.74. The lowest BCUT2D eigenvalue weighted by molar-refractivity contribution is -0.127. The molecule has 0 saturated heterocycles. The van der Waals surface area contributed by atoms with Gasteiger partial charge in [-0.05, 0) is 37.3 Å². The predicted octanol–water partition coefficient (Wildman–Crippen LogP) is 2.23. The Hall–Kier alpha value is -3.42. The lowest BCUT2D eigenvalue weighted by Crippen LogP contribution is -2.39. The van der Waals surface area contributed by atoms with Crippen LogP contribution in [0.25, 0.3) is 11.5 Å². The molecule has 0 aliphatic carbocycles. The van der Waals surface area contributed by atoms with Crippen LogP contribution in [0.3, 0.4) is 0 Å². The number of furan rings is 1. The Bertz CT molecular complexity index is 969. The maximum atomic E-state index is 13.6. The molecule has 1 aromatic carbocycles. The molecule has 0 fully saturated rings. The molecule has 0 radical (unpaired) electrons. The van der Waals surface area contributed by atoms with Crippen LogP contribution in [0, 0.1) is 5.82 Å². The van der Waals surface area contributed by atoms with E-state index in [0.29, 0.717) is 11.5 Å². The van der Waals surface area contributed by atoms with Crippen molar-refractivity contribution in [2.75, 3.05) is 6.54 Å². The molecule has 1 amide bonds. The van der Waals surface area contributed by atoms with Gasteiger partial charge in [0, 0.05) is 12.6 Å². The molecule has 3 rings (SSSR count). The third-order valence-corrected chi connectivity index (χ3v) is 3.77. The summed E-state index contributed by atoms with van der Waals surface area (Å²) in [6, 6.07) is 12.3. The van der Waals surface area contributed by atoms with Crippen LogP contribution in [0.1, 0.15) is 6.92 Å². The van der Waals surface area contributed by atoms with Gasteiger partial charge in [-0.1, -0.05) is 12.1 Å². The van der Waals surface area contributed by atoms with Gasteiger partial charge >= 0.3 is 0 Å². The zero-order chi connectivity index (χ0) is 19.2. The Morgan fingerprint density at radius 3 is 2.81 bits per heavy atom. The largest absolute Gasteiger partial charge is 0.478 e. The molecule has 2 aromatic heterocycles. The van der Waals surface area contributed by atoms with Crippen molar-refractivity contribution in [3.63, 3.8) is 0 Å². The number of carbonyl (C=O) groups excluding carboxylic acids is 1. The molecule has 3 aromatic rings. The lowest BCUT2D eigenvalue weighted by atomic mass is 10.3. The highest BCUT2D eigenvalue weighted by Gasteiger charge is 2.16. The fourth-order valence-electron chi connectivity index (χ4n) is 2.38. The smallest absolute Gasteiger partial charge is 0.266 e. The van der Waals surface area contributed by atoms with E-state index >= 15 is 0 Å². The van der Waals surface area contributed by atoms with E-state index in [4.69, 9.17) is 9.15 Å². The molecule has 2 heterocycles. The van der Waals surface area contributed by atoms with Gasteiger partial charge in [-0.15, -0.1) is 0 Å². The molecule has 140 valence electrons. The van der Waals surface area contributed by atoms with Gasteiger partial charge < -0.3 is 14.5 Å². The third-order valence-electron chi connectivity index (χ3n) is 3.77. The number of hydrogen-bond acceptors (Lipinski definition) is 5. The molecule has 0 aliphatic heterocycles. The molecule has 7 nitrogen and oxygen atoms in total. The van der Waals surface area contributed by atoms with Crippen molar-refractivity contribution in [1.82, 2.24) is 15.1 Å². The minimum atomic E-state index is -0.888. The minimum absolute atomic E-state index is 0.00388. The van der Waals surface area contributed by atoms with E-state index in [1.54, 1.807) is 24.3 Å². The minimum Gasteiger partial charge on any atom is -0.478 e. The Morgan fingerprint density at radius 1 is 1.26 bits per heavy atom. The Kier molecular flexibility index (Phi) is 5.65. The average molecular weight is 371 g/mol. The maximum Gasteiger partial charge on any atom is 0.266 e. The van der Waals surface area contributed by atoms with Crippen molar-refractivity contribution < 1.29 is 18.3 Å². The van der Waals surface area contributed by atoms with Gasteiger partial charge in [-0.2, -0.15) is 5.10 Å². The highest BCUT2D eigenvalue weighted by Crippen LogP contribution is 2.17. The SMILES string of the molecule is CC(Oc1ccccc1F)C(=O)NCCn1nc(-c2ccco2)ccc1=O. The second kappa shape index (κ2) is 8.31. The quantitative estimate of drug-likeness (QED) is 0.688. The average Bonchev–Trinajstić information content (AvgIpc) is 3.19. The molecule has 0 spiro atoms. The van der Waals surface area contributed by atoms with Crippen LogP contribution in [-0.2, 0) is 11.3 Å². The van der Waals surface area contributed by atoms with Gasteiger partial charge in [-0.3, -0.25) is 9.59 Å². The summed E-state index contributed by atoms with van der Waals surface area (Å²) in [6.07, 6.45) is 0.630. The number of amides is 1. The van der Waals surface area contributed by atoms with Crippen LogP contribution in [-0.4, -0.2) is 28.3 Å². The standard InChI is InChI=1S/C19H18FN3O4/c1-13(27-16-6-3-2-5-14(16)20)19(25)21-10-11-23-18(24)9-8-15(22-23)17-7-4-12-26-17/h2-9,12-13H,10-11H2,1H3,(H,21,25). The molecule has 8 heteroatoms. The van der Waals surface area contributed by atoms with E-state index in [1.807, 2.05) is 0 Å². The molecule has 0 saturated carbocycles. The van der Waals surface area contributed by atoms with E-state index in [-0.39, 0.29) is 24.4 Å². The van der Waals surface area contributed by atoms with Crippen LogP contribution in [0.4, 0.5) is 4.39 Å². The monoisotopic (exact) mass is 371 g/mol. The number of rotatable bonds is 7. The molecule has 0 aliphatic rings. The highest BCUT2D eigenvalue weighted by molar-refractivity contribution is 5.80. The van der Waals surface area contributed by atoms with Gasteiger partial charge in [0.2, 0.25) is 0 Å². The van der Waals surface area contributed by atoms with Gasteiger partial charge in [0.1, 0.15) is 5.69 Å². The van der Waals surface area contributed by atoms with E-state index in [2.05, 4.69) is 10.4 Å².